The van der Waals surface area contributed by atoms with Gasteiger partial charge in [0, 0.05) is 35.6 Å². The van der Waals surface area contributed by atoms with E-state index in [-0.39, 0.29) is 0 Å². The van der Waals surface area contributed by atoms with Gasteiger partial charge in [-0.3, -0.25) is 4.98 Å². The molecule has 3 heterocycles. The highest BCUT2D eigenvalue weighted by Gasteiger charge is 2.17. The van der Waals surface area contributed by atoms with Gasteiger partial charge < -0.3 is 9.51 Å². The number of rotatable bonds is 4. The van der Waals surface area contributed by atoms with Crippen LogP contribution in [0.3, 0.4) is 0 Å². The standard InChI is InChI=1S/C23H22ClN3O/c1-15-13-27-14-17(9-16-7-8-21(25-12-16)23(2,3)28)10-20(22(27)26-15)18-5-4-6-19(24)11-18/h4-8,10-14,28H,9H2,1-3H3. The molecule has 4 nitrogen and oxygen atoms in total. The number of nitrogens with zero attached hydrogens (tertiary/aromatic N) is 3. The van der Waals surface area contributed by atoms with Crippen LogP contribution >= 0.6 is 11.6 Å². The monoisotopic (exact) mass is 391 g/mol. The third-order valence-corrected chi connectivity index (χ3v) is 4.96. The zero-order valence-corrected chi connectivity index (χ0v) is 16.9. The van der Waals surface area contributed by atoms with Crippen LogP contribution in [0.15, 0.2) is 61.1 Å². The van der Waals surface area contributed by atoms with Gasteiger partial charge in [-0.05, 0) is 61.7 Å². The zero-order valence-electron chi connectivity index (χ0n) is 16.1. The van der Waals surface area contributed by atoms with Crippen molar-refractivity contribution in [3.63, 3.8) is 0 Å². The van der Waals surface area contributed by atoms with Crippen molar-refractivity contribution >= 4 is 17.2 Å². The summed E-state index contributed by atoms with van der Waals surface area (Å²) in [5.41, 5.74) is 5.94. The summed E-state index contributed by atoms with van der Waals surface area (Å²) in [4.78, 5) is 9.10. The van der Waals surface area contributed by atoms with Gasteiger partial charge in [0.05, 0.1) is 11.4 Å². The fourth-order valence-corrected chi connectivity index (χ4v) is 3.56. The predicted molar refractivity (Wildman–Crippen MR) is 113 cm³/mol. The SMILES string of the molecule is Cc1cn2cc(Cc3ccc(C(C)(C)O)nc3)cc(-c3cccc(Cl)c3)c2n1. The number of hydrogen-bond donors (Lipinski definition) is 1. The molecule has 0 aliphatic carbocycles. The van der Waals surface area contributed by atoms with E-state index in [1.54, 1.807) is 13.8 Å². The van der Waals surface area contributed by atoms with E-state index >= 15 is 0 Å². The lowest BCUT2D eigenvalue weighted by Gasteiger charge is -2.16. The van der Waals surface area contributed by atoms with Crippen LogP contribution < -0.4 is 0 Å². The molecule has 0 radical (unpaired) electrons. The normalized spacial score (nSPS) is 11.9. The number of halogens is 1. The van der Waals surface area contributed by atoms with Crippen molar-refractivity contribution in [2.75, 3.05) is 0 Å². The first kappa shape index (κ1) is 18.7. The van der Waals surface area contributed by atoms with Crippen LogP contribution in [0.25, 0.3) is 16.8 Å². The lowest BCUT2D eigenvalue weighted by molar-refractivity contribution is 0.0738. The van der Waals surface area contributed by atoms with Crippen molar-refractivity contribution < 1.29 is 5.11 Å². The van der Waals surface area contributed by atoms with Crippen LogP contribution in [0.1, 0.15) is 36.4 Å². The van der Waals surface area contributed by atoms with E-state index in [1.807, 2.05) is 49.6 Å². The second-order valence-electron chi connectivity index (χ2n) is 7.67. The number of imidazole rings is 1. The molecule has 4 aromatic rings. The average Bonchev–Trinajstić information content (AvgIpc) is 3.01. The van der Waals surface area contributed by atoms with Gasteiger partial charge in [-0.2, -0.15) is 0 Å². The Morgan fingerprint density at radius 2 is 1.89 bits per heavy atom. The van der Waals surface area contributed by atoms with Crippen molar-refractivity contribution in [2.24, 2.45) is 0 Å². The molecular weight excluding hydrogens is 370 g/mol. The Morgan fingerprint density at radius 1 is 1.07 bits per heavy atom. The maximum Gasteiger partial charge on any atom is 0.144 e. The topological polar surface area (TPSA) is 50.4 Å². The first-order valence-corrected chi connectivity index (χ1v) is 9.59. The van der Waals surface area contributed by atoms with Gasteiger partial charge in [-0.15, -0.1) is 0 Å². The first-order valence-electron chi connectivity index (χ1n) is 9.21. The number of aromatic nitrogens is 3. The number of pyridine rings is 2. The lowest BCUT2D eigenvalue weighted by atomic mass is 10.0. The summed E-state index contributed by atoms with van der Waals surface area (Å²) in [7, 11) is 0. The van der Waals surface area contributed by atoms with Crippen LogP contribution in [0.5, 0.6) is 0 Å². The van der Waals surface area contributed by atoms with Gasteiger partial charge in [0.25, 0.3) is 0 Å². The molecule has 5 heteroatoms. The third-order valence-electron chi connectivity index (χ3n) is 4.72. The number of benzene rings is 1. The maximum atomic E-state index is 10.1. The Hall–Kier alpha value is -2.69. The molecule has 0 saturated carbocycles. The second kappa shape index (κ2) is 7.04. The highest BCUT2D eigenvalue weighted by molar-refractivity contribution is 6.30. The summed E-state index contributed by atoms with van der Waals surface area (Å²) in [5.74, 6) is 0. The van der Waals surface area contributed by atoms with E-state index in [1.165, 1.54) is 0 Å². The minimum Gasteiger partial charge on any atom is -0.384 e. The molecule has 0 unspecified atom stereocenters. The summed E-state index contributed by atoms with van der Waals surface area (Å²) in [5, 5.41) is 10.8. The number of fused-ring (bicyclic) bond motifs is 1. The van der Waals surface area contributed by atoms with E-state index in [4.69, 9.17) is 11.6 Å². The smallest absolute Gasteiger partial charge is 0.144 e. The van der Waals surface area contributed by atoms with E-state index in [0.29, 0.717) is 10.7 Å². The van der Waals surface area contributed by atoms with Gasteiger partial charge in [0.1, 0.15) is 11.2 Å². The molecule has 0 aliphatic heterocycles. The number of hydrogen-bond acceptors (Lipinski definition) is 3. The van der Waals surface area contributed by atoms with Crippen LogP contribution in [0.2, 0.25) is 5.02 Å². The van der Waals surface area contributed by atoms with Crippen LogP contribution in [0.4, 0.5) is 0 Å². The molecule has 3 aromatic heterocycles. The van der Waals surface area contributed by atoms with Crippen molar-refractivity contribution in [1.82, 2.24) is 14.4 Å². The molecule has 0 aliphatic rings. The lowest BCUT2D eigenvalue weighted by Crippen LogP contribution is -2.17. The van der Waals surface area contributed by atoms with Gasteiger partial charge in [0.2, 0.25) is 0 Å². The summed E-state index contributed by atoms with van der Waals surface area (Å²) in [6.07, 6.45) is 6.70. The molecule has 0 amide bonds. The highest BCUT2D eigenvalue weighted by atomic mass is 35.5. The van der Waals surface area contributed by atoms with Gasteiger partial charge >= 0.3 is 0 Å². The fourth-order valence-electron chi connectivity index (χ4n) is 3.37. The quantitative estimate of drug-likeness (QED) is 0.521. The predicted octanol–water partition coefficient (Wildman–Crippen LogP) is 5.18. The number of aryl methyl sites for hydroxylation is 1. The highest BCUT2D eigenvalue weighted by Crippen LogP contribution is 2.29. The summed E-state index contributed by atoms with van der Waals surface area (Å²) >= 11 is 6.22. The van der Waals surface area contributed by atoms with Gasteiger partial charge in [0.15, 0.2) is 0 Å². The molecular formula is C23H22ClN3O. The van der Waals surface area contributed by atoms with E-state index in [0.717, 1.165) is 40.0 Å². The molecule has 28 heavy (non-hydrogen) atoms. The minimum atomic E-state index is -0.939. The van der Waals surface area contributed by atoms with Crippen LogP contribution in [0, 0.1) is 6.92 Å². The molecule has 1 aromatic carbocycles. The van der Waals surface area contributed by atoms with E-state index in [9.17, 15) is 5.11 Å². The fraction of sp³-hybridized carbons (Fsp3) is 0.217. The third kappa shape index (κ3) is 3.79. The Balaban J connectivity index is 1.76. The first-order chi connectivity index (χ1) is 13.3. The molecule has 0 fully saturated rings. The molecule has 0 saturated heterocycles. The minimum absolute atomic E-state index is 0.663. The van der Waals surface area contributed by atoms with Crippen LogP contribution in [-0.2, 0) is 12.0 Å². The Kier molecular flexibility index (Phi) is 4.69. The Labute approximate surface area is 169 Å². The Morgan fingerprint density at radius 3 is 2.57 bits per heavy atom. The van der Waals surface area contributed by atoms with Gasteiger partial charge in [-0.25, -0.2) is 4.98 Å². The molecule has 4 rings (SSSR count). The van der Waals surface area contributed by atoms with Crippen molar-refractivity contribution in [3.8, 4) is 11.1 Å². The molecule has 1 N–H and O–H groups in total. The summed E-state index contributed by atoms with van der Waals surface area (Å²) in [6, 6.07) is 13.9. The van der Waals surface area contributed by atoms with Crippen molar-refractivity contribution in [1.29, 1.82) is 0 Å². The molecule has 0 spiro atoms. The van der Waals surface area contributed by atoms with Crippen molar-refractivity contribution in [3.05, 3.63) is 88.6 Å². The van der Waals surface area contributed by atoms with Crippen molar-refractivity contribution in [2.45, 2.75) is 32.8 Å². The largest absolute Gasteiger partial charge is 0.384 e. The summed E-state index contributed by atoms with van der Waals surface area (Å²) in [6.45, 7) is 5.47. The van der Waals surface area contributed by atoms with Crippen LogP contribution in [-0.4, -0.2) is 19.5 Å². The zero-order chi connectivity index (χ0) is 19.9. The number of aliphatic hydroxyl groups is 1. The Bertz CT molecular complexity index is 1140. The average molecular weight is 392 g/mol. The molecule has 0 bridgehead atoms. The van der Waals surface area contributed by atoms with Gasteiger partial charge in [-0.1, -0.05) is 29.8 Å². The molecule has 142 valence electrons. The molecule has 0 atom stereocenters. The van der Waals surface area contributed by atoms with E-state index in [2.05, 4.69) is 32.7 Å². The van der Waals surface area contributed by atoms with E-state index < -0.39 is 5.60 Å². The maximum absolute atomic E-state index is 10.1. The summed E-state index contributed by atoms with van der Waals surface area (Å²) < 4.78 is 2.07. The second-order valence-corrected chi connectivity index (χ2v) is 8.11.